The molecule has 3 aromatic rings. The molecule has 0 aromatic heterocycles. The van der Waals surface area contributed by atoms with Crippen molar-refractivity contribution in [3.63, 3.8) is 0 Å². The first kappa shape index (κ1) is 23.6. The lowest BCUT2D eigenvalue weighted by molar-refractivity contribution is -0.00342. The maximum absolute atomic E-state index is 9.55. The molecule has 0 saturated heterocycles. The lowest BCUT2D eigenvalue weighted by atomic mass is 9.50. The first-order valence-corrected chi connectivity index (χ1v) is 13.0. The largest absolute Gasteiger partial charge is 0.453 e. The number of nitrogens with zero attached hydrogens (tertiary/aromatic N) is 4. The Morgan fingerprint density at radius 3 is 1.63 bits per heavy atom. The fourth-order valence-electron chi connectivity index (χ4n) is 7.22. The van der Waals surface area contributed by atoms with Gasteiger partial charge in [0.05, 0.1) is 22.3 Å². The summed E-state index contributed by atoms with van der Waals surface area (Å²) >= 11 is 0. The van der Waals surface area contributed by atoms with E-state index in [1.165, 1.54) is 32.1 Å². The van der Waals surface area contributed by atoms with E-state index in [-0.39, 0.29) is 11.1 Å². The van der Waals surface area contributed by atoms with Gasteiger partial charge in [-0.05, 0) is 104 Å². The van der Waals surface area contributed by atoms with E-state index in [1.54, 1.807) is 36.4 Å². The number of hydrogen-bond donors (Lipinski definition) is 0. The van der Waals surface area contributed by atoms with E-state index < -0.39 is 0 Å². The minimum atomic E-state index is 0.246. The fraction of sp³-hybridized carbons (Fsp3) is 0.312. The summed E-state index contributed by atoms with van der Waals surface area (Å²) in [5.41, 5.74) is 2.20. The number of benzene rings is 3. The maximum atomic E-state index is 9.55. The van der Waals surface area contributed by atoms with Gasteiger partial charge in [-0.1, -0.05) is 12.1 Å². The van der Waals surface area contributed by atoms with Crippen molar-refractivity contribution in [1.29, 1.82) is 21.0 Å². The van der Waals surface area contributed by atoms with Gasteiger partial charge in [-0.3, -0.25) is 0 Å². The SMILES string of the molecule is N#Cc1ccc(Oc2cccc(C3C4CC5CC(C4)CC3C5)c2Oc2ccc(C#N)c(C#N)c2)cc1C#N. The molecule has 7 rings (SSSR count). The molecule has 0 heterocycles. The van der Waals surface area contributed by atoms with Crippen molar-refractivity contribution in [2.45, 2.75) is 38.0 Å². The van der Waals surface area contributed by atoms with Crippen LogP contribution >= 0.6 is 0 Å². The van der Waals surface area contributed by atoms with Crippen LogP contribution in [0.15, 0.2) is 54.6 Å². The predicted molar refractivity (Wildman–Crippen MR) is 138 cm³/mol. The summed E-state index contributed by atoms with van der Waals surface area (Å²) in [5, 5.41) is 37.7. The summed E-state index contributed by atoms with van der Waals surface area (Å²) in [6.45, 7) is 0. The minimum absolute atomic E-state index is 0.246. The molecule has 3 aromatic carbocycles. The highest BCUT2D eigenvalue weighted by Crippen LogP contribution is 2.61. The van der Waals surface area contributed by atoms with Crippen LogP contribution in [0.3, 0.4) is 0 Å². The Morgan fingerprint density at radius 1 is 0.579 bits per heavy atom. The number of hydrogen-bond acceptors (Lipinski definition) is 6. The van der Waals surface area contributed by atoms with E-state index in [1.807, 2.05) is 24.3 Å². The van der Waals surface area contributed by atoms with Crippen LogP contribution in [0.4, 0.5) is 0 Å². The maximum Gasteiger partial charge on any atom is 0.173 e. The molecule has 0 atom stereocenters. The van der Waals surface area contributed by atoms with E-state index in [0.29, 0.717) is 51.9 Å². The van der Waals surface area contributed by atoms with Crippen molar-refractivity contribution in [1.82, 2.24) is 0 Å². The van der Waals surface area contributed by atoms with Crippen LogP contribution in [0, 0.1) is 69.0 Å². The van der Waals surface area contributed by atoms with Crippen LogP contribution < -0.4 is 9.47 Å². The Balaban J connectivity index is 1.43. The summed E-state index contributed by atoms with van der Waals surface area (Å²) in [6, 6.07) is 23.9. The van der Waals surface area contributed by atoms with Gasteiger partial charge in [-0.2, -0.15) is 21.0 Å². The molecule has 0 spiro atoms. The molecular weight excluding hydrogens is 472 g/mol. The Bertz CT molecular complexity index is 1570. The van der Waals surface area contributed by atoms with Crippen molar-refractivity contribution in [2.75, 3.05) is 0 Å². The normalized spacial score (nSPS) is 24.5. The van der Waals surface area contributed by atoms with Crippen LogP contribution in [-0.2, 0) is 0 Å². The second-order valence-corrected chi connectivity index (χ2v) is 10.7. The molecule has 4 aliphatic carbocycles. The molecular formula is C32H24N4O2. The number of nitriles is 4. The van der Waals surface area contributed by atoms with Crippen molar-refractivity contribution in [3.8, 4) is 47.3 Å². The van der Waals surface area contributed by atoms with Gasteiger partial charge in [0.15, 0.2) is 11.5 Å². The molecule has 0 N–H and O–H groups in total. The summed E-state index contributed by atoms with van der Waals surface area (Å²) in [5.74, 6) is 5.25. The quantitative estimate of drug-likeness (QED) is 0.366. The highest BCUT2D eigenvalue weighted by molar-refractivity contribution is 5.56. The smallest absolute Gasteiger partial charge is 0.173 e. The molecule has 4 aliphatic rings. The molecule has 4 saturated carbocycles. The molecule has 6 heteroatoms. The van der Waals surface area contributed by atoms with Crippen LogP contribution in [0.25, 0.3) is 0 Å². The zero-order valence-electron chi connectivity index (χ0n) is 20.7. The third kappa shape index (κ3) is 4.12. The van der Waals surface area contributed by atoms with Crippen molar-refractivity contribution < 1.29 is 9.47 Å². The van der Waals surface area contributed by atoms with E-state index in [4.69, 9.17) is 9.47 Å². The second-order valence-electron chi connectivity index (χ2n) is 10.7. The van der Waals surface area contributed by atoms with Crippen LogP contribution in [0.5, 0.6) is 23.0 Å². The fourth-order valence-corrected chi connectivity index (χ4v) is 7.22. The second kappa shape index (κ2) is 9.59. The van der Waals surface area contributed by atoms with Gasteiger partial charge >= 0.3 is 0 Å². The van der Waals surface area contributed by atoms with Gasteiger partial charge in [0.2, 0.25) is 0 Å². The minimum Gasteiger partial charge on any atom is -0.453 e. The predicted octanol–water partition coefficient (Wildman–Crippen LogP) is 7.30. The number of para-hydroxylation sites is 1. The average molecular weight is 497 g/mol. The number of rotatable bonds is 5. The van der Waals surface area contributed by atoms with E-state index in [9.17, 15) is 21.0 Å². The first-order valence-electron chi connectivity index (χ1n) is 13.0. The van der Waals surface area contributed by atoms with Crippen LogP contribution in [0.1, 0.15) is 65.8 Å². The topological polar surface area (TPSA) is 114 Å². The van der Waals surface area contributed by atoms with E-state index in [2.05, 4.69) is 18.2 Å². The zero-order valence-corrected chi connectivity index (χ0v) is 20.7. The van der Waals surface area contributed by atoms with Crippen LogP contribution in [-0.4, -0.2) is 0 Å². The van der Waals surface area contributed by atoms with Gasteiger partial charge < -0.3 is 9.47 Å². The Morgan fingerprint density at radius 2 is 1.11 bits per heavy atom. The summed E-state index contributed by atoms with van der Waals surface area (Å²) in [4.78, 5) is 0. The van der Waals surface area contributed by atoms with E-state index in [0.717, 1.165) is 17.4 Å². The molecule has 4 bridgehead atoms. The van der Waals surface area contributed by atoms with E-state index >= 15 is 0 Å². The molecule has 0 radical (unpaired) electrons. The molecule has 184 valence electrons. The van der Waals surface area contributed by atoms with Gasteiger partial charge in [-0.25, -0.2) is 0 Å². The van der Waals surface area contributed by atoms with Crippen LogP contribution in [0.2, 0.25) is 0 Å². The summed E-state index contributed by atoms with van der Waals surface area (Å²) in [6.07, 6.45) is 6.36. The van der Waals surface area contributed by atoms with Gasteiger partial charge in [0, 0.05) is 5.56 Å². The molecule has 38 heavy (non-hydrogen) atoms. The van der Waals surface area contributed by atoms with Gasteiger partial charge in [0.25, 0.3) is 0 Å². The van der Waals surface area contributed by atoms with Crippen molar-refractivity contribution >= 4 is 0 Å². The monoisotopic (exact) mass is 496 g/mol. The number of ether oxygens (including phenoxy) is 2. The summed E-state index contributed by atoms with van der Waals surface area (Å²) in [7, 11) is 0. The standard InChI is InChI=1S/C32H24N4O2/c33-15-21-4-6-27(13-25(21)17-35)37-30-3-1-2-29(31-23-9-19-8-20(11-23)12-24(31)10-19)32(30)38-28-7-5-22(16-34)26(14-28)18-36/h1-7,13-14,19-20,23-24,31H,8-12H2. The average Bonchev–Trinajstić information content (AvgIpc) is 2.93. The molecule has 0 amide bonds. The highest BCUT2D eigenvalue weighted by Gasteiger charge is 2.49. The van der Waals surface area contributed by atoms with Crippen molar-refractivity contribution in [2.24, 2.45) is 23.7 Å². The Hall–Kier alpha value is -4.78. The molecule has 4 fully saturated rings. The van der Waals surface area contributed by atoms with Crippen molar-refractivity contribution in [3.05, 3.63) is 82.4 Å². The summed E-state index contributed by atoms with van der Waals surface area (Å²) < 4.78 is 12.8. The third-order valence-electron chi connectivity index (χ3n) is 8.51. The Kier molecular flexibility index (Phi) is 5.96. The third-order valence-corrected chi connectivity index (χ3v) is 8.51. The lowest BCUT2D eigenvalue weighted by Gasteiger charge is -2.54. The molecule has 0 unspecified atom stereocenters. The first-order chi connectivity index (χ1) is 18.6. The van der Waals surface area contributed by atoms with Gasteiger partial charge in [-0.15, -0.1) is 0 Å². The van der Waals surface area contributed by atoms with Gasteiger partial charge in [0.1, 0.15) is 35.8 Å². The lowest BCUT2D eigenvalue weighted by Crippen LogP contribution is -2.43. The Labute approximate surface area is 221 Å². The molecule has 0 aliphatic heterocycles. The highest BCUT2D eigenvalue weighted by atomic mass is 16.5. The zero-order chi connectivity index (χ0) is 26.2. The molecule has 6 nitrogen and oxygen atoms in total.